The van der Waals surface area contributed by atoms with Crippen LogP contribution in [0, 0.1) is 0 Å². The summed E-state index contributed by atoms with van der Waals surface area (Å²) in [5, 5.41) is 63.6. The van der Waals surface area contributed by atoms with E-state index in [0.29, 0.717) is 6.32 Å². The molecule has 0 spiro atoms. The number of hydrogen-bond acceptors (Lipinski definition) is 18. The third-order valence-corrected chi connectivity index (χ3v) is 8.66. The van der Waals surface area contributed by atoms with Gasteiger partial charge < -0.3 is 93.5 Å². The Morgan fingerprint density at radius 3 is 1.53 bits per heavy atom. The van der Waals surface area contributed by atoms with Crippen LogP contribution in [-0.4, -0.2) is 167 Å². The van der Waals surface area contributed by atoms with Crippen LogP contribution in [0.25, 0.3) is 0 Å². The molecule has 19 atom stereocenters. The molecule has 0 amide bonds. The molecule has 43 heavy (non-hydrogen) atoms. The van der Waals surface area contributed by atoms with Crippen molar-refractivity contribution in [1.29, 1.82) is 0 Å². The average Bonchev–Trinajstić information content (AvgIpc) is 3.26. The van der Waals surface area contributed by atoms with E-state index in [4.69, 9.17) is 62.8 Å². The first-order chi connectivity index (χ1) is 20.3. The van der Waals surface area contributed by atoms with Crippen molar-refractivity contribution in [2.24, 2.45) is 34.4 Å². The third-order valence-electron chi connectivity index (χ3n) is 8.66. The molecular weight excluding hydrogens is 575 g/mol. The molecule has 3 heterocycles. The zero-order valence-corrected chi connectivity index (χ0v) is 24.0. The summed E-state index contributed by atoms with van der Waals surface area (Å²) >= 11 is 0. The van der Waals surface area contributed by atoms with Gasteiger partial charge in [0.2, 0.25) is 0 Å². The maximum absolute atomic E-state index is 11.3. The number of aliphatic hydroxyl groups is 6. The Kier molecular flexibility index (Phi) is 12.1. The molecule has 11 unspecified atom stereocenters. The summed E-state index contributed by atoms with van der Waals surface area (Å²) < 4.78 is 35.5. The highest BCUT2D eigenvalue weighted by molar-refractivity contribution is 6.33. The summed E-state index contributed by atoms with van der Waals surface area (Å²) in [5.74, 6) is 0. The molecule has 18 nitrogen and oxygen atoms in total. The number of rotatable bonds is 10. The van der Waals surface area contributed by atoms with E-state index in [1.807, 2.05) is 0 Å². The van der Waals surface area contributed by atoms with E-state index >= 15 is 0 Å². The maximum Gasteiger partial charge on any atom is 0.187 e. The fourth-order valence-corrected chi connectivity index (χ4v) is 6.02. The fraction of sp³-hybridized carbons (Fsp3) is 1.00. The smallest absolute Gasteiger partial charge is 0.187 e. The van der Waals surface area contributed by atoms with Crippen LogP contribution >= 0.6 is 0 Å². The summed E-state index contributed by atoms with van der Waals surface area (Å²) in [6.07, 6.45) is -18.0. The highest BCUT2D eigenvalue weighted by Gasteiger charge is 2.54. The van der Waals surface area contributed by atoms with Gasteiger partial charge in [-0.05, 0) is 6.42 Å². The van der Waals surface area contributed by atoms with Crippen molar-refractivity contribution in [2.75, 3.05) is 13.1 Å². The van der Waals surface area contributed by atoms with Gasteiger partial charge in [0.05, 0.1) is 24.3 Å². The van der Waals surface area contributed by atoms with Crippen molar-refractivity contribution in [3.8, 4) is 0 Å². The Bertz CT molecular complexity index is 889. The minimum absolute atomic E-state index is 0.121. The standard InChI is InChI=1S/C24H48BN6O12/c1-25-3-8-20(42-23-12(31)17(36)15(34)10(5-27)40-23)18(37)24(38-8)43-21-13(32)6(28)2-7(29)19(21)41-22-11(30)16(35)14(33)9(4-26)39-22/h6-24,32-37H,2-5,26-31H2,1H3/t6?,7?,8?,9?,10-,11-,12?,13+,14?,15?,16+,17?,18-,19+,20-,21+,22?,23?,24?/m0/s1. The lowest BCUT2D eigenvalue weighted by molar-refractivity contribution is -0.306. The van der Waals surface area contributed by atoms with E-state index in [2.05, 4.69) is 0 Å². The van der Waals surface area contributed by atoms with Gasteiger partial charge in [0.1, 0.15) is 68.3 Å². The Labute approximate surface area is 250 Å². The van der Waals surface area contributed by atoms with Gasteiger partial charge >= 0.3 is 0 Å². The lowest BCUT2D eigenvalue weighted by Crippen LogP contribution is -2.68. The average molecular weight is 623 g/mol. The molecular formula is C24H48BN6O12. The minimum atomic E-state index is -1.46. The lowest BCUT2D eigenvalue weighted by atomic mass is 9.74. The predicted molar refractivity (Wildman–Crippen MR) is 148 cm³/mol. The number of ether oxygens (including phenoxy) is 6. The van der Waals surface area contributed by atoms with Crippen LogP contribution in [0.3, 0.4) is 0 Å². The largest absolute Gasteiger partial charge is 0.389 e. The van der Waals surface area contributed by atoms with E-state index in [1.165, 1.54) is 0 Å². The number of hydrogen-bond donors (Lipinski definition) is 12. The van der Waals surface area contributed by atoms with Gasteiger partial charge in [-0.1, -0.05) is 13.1 Å². The zero-order valence-electron chi connectivity index (χ0n) is 24.0. The van der Waals surface area contributed by atoms with Crippen LogP contribution in [-0.2, 0) is 28.4 Å². The van der Waals surface area contributed by atoms with Crippen LogP contribution < -0.4 is 34.4 Å². The predicted octanol–water partition coefficient (Wildman–Crippen LogP) is -7.72. The van der Waals surface area contributed by atoms with Crippen LogP contribution in [0.2, 0.25) is 13.1 Å². The zero-order chi connectivity index (χ0) is 31.7. The summed E-state index contributed by atoms with van der Waals surface area (Å²) in [4.78, 5) is 0. The molecule has 3 saturated heterocycles. The van der Waals surface area contributed by atoms with E-state index in [0.717, 1.165) is 0 Å². The van der Waals surface area contributed by atoms with Gasteiger partial charge in [0.15, 0.2) is 18.9 Å². The van der Waals surface area contributed by atoms with Crippen LogP contribution in [0.15, 0.2) is 0 Å². The summed E-state index contributed by atoms with van der Waals surface area (Å²) in [7, 11) is 1.78. The maximum atomic E-state index is 11.3. The Balaban J connectivity index is 1.51. The van der Waals surface area contributed by atoms with E-state index in [-0.39, 0.29) is 19.5 Å². The Morgan fingerprint density at radius 1 is 0.581 bits per heavy atom. The van der Waals surface area contributed by atoms with Crippen LogP contribution in [0.5, 0.6) is 0 Å². The van der Waals surface area contributed by atoms with Crippen molar-refractivity contribution in [2.45, 2.75) is 136 Å². The molecule has 0 aromatic heterocycles. The van der Waals surface area contributed by atoms with Crippen LogP contribution in [0.1, 0.15) is 6.42 Å². The summed E-state index contributed by atoms with van der Waals surface area (Å²) in [6.45, 7) is 1.52. The molecule has 1 aliphatic carbocycles. The first-order valence-corrected chi connectivity index (χ1v) is 14.6. The summed E-state index contributed by atoms with van der Waals surface area (Å²) in [5.41, 5.74) is 36.0. The van der Waals surface area contributed by atoms with Crippen molar-refractivity contribution >= 4 is 7.28 Å². The quantitative estimate of drug-likeness (QED) is 0.100. The fourth-order valence-electron chi connectivity index (χ4n) is 6.02. The molecule has 0 bridgehead atoms. The number of nitrogens with two attached hydrogens (primary N) is 6. The normalized spacial score (nSPS) is 52.7. The monoisotopic (exact) mass is 623 g/mol. The summed E-state index contributed by atoms with van der Waals surface area (Å²) in [6, 6.07) is -4.00. The van der Waals surface area contributed by atoms with Gasteiger partial charge in [0.25, 0.3) is 0 Å². The lowest BCUT2D eigenvalue weighted by Gasteiger charge is -2.47. The molecule has 4 fully saturated rings. The first-order valence-electron chi connectivity index (χ1n) is 14.6. The molecule has 4 aliphatic rings. The molecule has 0 aromatic rings. The molecule has 249 valence electrons. The highest BCUT2D eigenvalue weighted by Crippen LogP contribution is 2.35. The molecule has 3 aliphatic heterocycles. The highest BCUT2D eigenvalue weighted by atomic mass is 16.8. The van der Waals surface area contributed by atoms with Gasteiger partial charge in [-0.2, -0.15) is 0 Å². The molecule has 4 rings (SSSR count). The first kappa shape index (κ1) is 35.2. The van der Waals surface area contributed by atoms with E-state index < -0.39 is 116 Å². The topological polar surface area (TPSA) is 333 Å². The molecule has 1 radical (unpaired) electrons. The SMILES string of the molecule is C[B]CC1OC(O[C@@H]2[C@H](O)C(N)CC(N)[C@H]2OC2OC(CN)C(O)[C@H](O)[C@@H]2N)[C@@H](O)[C@H]1OC1O[C@@H](CN)C(O)C(O)C1N. The van der Waals surface area contributed by atoms with Crippen LogP contribution in [0.4, 0.5) is 0 Å². The second kappa shape index (κ2) is 14.8. The van der Waals surface area contributed by atoms with Gasteiger partial charge in [-0.3, -0.25) is 0 Å². The van der Waals surface area contributed by atoms with Crippen molar-refractivity contribution < 1.29 is 59.1 Å². The van der Waals surface area contributed by atoms with E-state index in [9.17, 15) is 30.6 Å². The Hall–Kier alpha value is -0.655. The van der Waals surface area contributed by atoms with Gasteiger partial charge in [0, 0.05) is 25.2 Å². The molecule has 1 saturated carbocycles. The Morgan fingerprint density at radius 2 is 1.05 bits per heavy atom. The van der Waals surface area contributed by atoms with E-state index in [1.54, 1.807) is 14.1 Å². The number of aliphatic hydroxyl groups excluding tert-OH is 6. The van der Waals surface area contributed by atoms with Crippen molar-refractivity contribution in [3.63, 3.8) is 0 Å². The molecule has 18 N–H and O–H groups in total. The van der Waals surface area contributed by atoms with Gasteiger partial charge in [-0.15, -0.1) is 0 Å². The van der Waals surface area contributed by atoms with Crippen molar-refractivity contribution in [3.05, 3.63) is 0 Å². The molecule has 19 heteroatoms. The second-order valence-electron chi connectivity index (χ2n) is 11.7. The second-order valence-corrected chi connectivity index (χ2v) is 11.7. The third kappa shape index (κ3) is 7.19. The van der Waals surface area contributed by atoms with Gasteiger partial charge in [-0.25, -0.2) is 0 Å². The minimum Gasteiger partial charge on any atom is -0.389 e. The molecule has 0 aromatic carbocycles. The van der Waals surface area contributed by atoms with Crippen molar-refractivity contribution in [1.82, 2.24) is 0 Å².